The number of benzene rings is 1. The lowest BCUT2D eigenvalue weighted by Gasteiger charge is -2.19. The third kappa shape index (κ3) is 1.94. The molecule has 0 spiro atoms. The van der Waals surface area contributed by atoms with Gasteiger partial charge in [0.15, 0.2) is 0 Å². The van der Waals surface area contributed by atoms with E-state index in [9.17, 15) is 4.79 Å². The van der Waals surface area contributed by atoms with Crippen molar-refractivity contribution in [2.45, 2.75) is 12.8 Å². The molecule has 3 N–H and O–H groups in total. The van der Waals surface area contributed by atoms with E-state index in [1.807, 2.05) is 12.1 Å². The first-order valence-electron chi connectivity index (χ1n) is 5.06. The van der Waals surface area contributed by atoms with Crippen LogP contribution < -0.4 is 15.8 Å². The third-order valence-corrected chi connectivity index (χ3v) is 2.47. The highest BCUT2D eigenvalue weighted by Crippen LogP contribution is 2.27. The first-order valence-corrected chi connectivity index (χ1v) is 5.06. The number of ether oxygens (including phenoxy) is 1. The highest BCUT2D eigenvalue weighted by molar-refractivity contribution is 5.96. The molecule has 0 aromatic heterocycles. The molecular formula is C11H14N2O2. The lowest BCUT2D eigenvalue weighted by Crippen LogP contribution is -2.30. The van der Waals surface area contributed by atoms with Crippen LogP contribution in [-0.4, -0.2) is 19.2 Å². The summed E-state index contributed by atoms with van der Waals surface area (Å²) in [6.45, 7) is 0.887. The Labute approximate surface area is 88.4 Å². The zero-order chi connectivity index (χ0) is 10.7. The van der Waals surface area contributed by atoms with Crippen LogP contribution in [0.25, 0.3) is 0 Å². The molecule has 1 aliphatic heterocycles. The average Bonchev–Trinajstić information content (AvgIpc) is 2.28. The van der Waals surface area contributed by atoms with Crippen molar-refractivity contribution in [2.24, 2.45) is 5.73 Å². The summed E-state index contributed by atoms with van der Waals surface area (Å²) < 4.78 is 5.48. The molecule has 0 saturated heterocycles. The van der Waals surface area contributed by atoms with Crippen molar-refractivity contribution in [3.8, 4) is 5.75 Å². The van der Waals surface area contributed by atoms with Gasteiger partial charge in [-0.25, -0.2) is 0 Å². The van der Waals surface area contributed by atoms with Crippen LogP contribution in [-0.2, 0) is 6.42 Å². The zero-order valence-electron chi connectivity index (χ0n) is 8.45. The largest absolute Gasteiger partial charge is 0.493 e. The second kappa shape index (κ2) is 4.31. The van der Waals surface area contributed by atoms with Gasteiger partial charge in [0.2, 0.25) is 0 Å². The number of fused-ring (bicyclic) bond motifs is 1. The first-order chi connectivity index (χ1) is 7.33. The molecule has 1 heterocycles. The Morgan fingerprint density at radius 2 is 2.40 bits per heavy atom. The maximum absolute atomic E-state index is 11.7. The van der Waals surface area contributed by atoms with E-state index in [-0.39, 0.29) is 12.6 Å². The maximum atomic E-state index is 11.7. The van der Waals surface area contributed by atoms with Gasteiger partial charge in [0, 0.05) is 11.1 Å². The molecule has 0 aliphatic carbocycles. The standard InChI is InChI=1S/C11H14N2O2/c12-7-13-11(14)9-3-1-5-10-8(9)4-2-6-15-10/h1,3,5H,2,4,6-7,12H2,(H,13,14). The summed E-state index contributed by atoms with van der Waals surface area (Å²) in [5.74, 6) is 0.700. The van der Waals surface area contributed by atoms with Gasteiger partial charge in [-0.15, -0.1) is 0 Å². The van der Waals surface area contributed by atoms with E-state index in [0.29, 0.717) is 5.56 Å². The molecule has 80 valence electrons. The number of carbonyl (C=O) groups is 1. The van der Waals surface area contributed by atoms with Gasteiger partial charge in [-0.2, -0.15) is 0 Å². The van der Waals surface area contributed by atoms with Crippen molar-refractivity contribution < 1.29 is 9.53 Å². The number of nitrogens with one attached hydrogen (secondary N) is 1. The van der Waals surface area contributed by atoms with Gasteiger partial charge >= 0.3 is 0 Å². The summed E-state index contributed by atoms with van der Waals surface area (Å²) in [5, 5.41) is 2.60. The van der Waals surface area contributed by atoms with Gasteiger partial charge in [0.05, 0.1) is 13.3 Å². The topological polar surface area (TPSA) is 64.3 Å². The summed E-state index contributed by atoms with van der Waals surface area (Å²) in [6.07, 6.45) is 1.85. The molecule has 0 saturated carbocycles. The van der Waals surface area contributed by atoms with Crippen molar-refractivity contribution in [3.05, 3.63) is 29.3 Å². The average molecular weight is 206 g/mol. The van der Waals surface area contributed by atoms with Crippen LogP contribution in [0.2, 0.25) is 0 Å². The Morgan fingerprint density at radius 1 is 1.53 bits per heavy atom. The molecule has 0 fully saturated rings. The van der Waals surface area contributed by atoms with E-state index in [4.69, 9.17) is 10.5 Å². The molecule has 1 aromatic rings. The lowest BCUT2D eigenvalue weighted by atomic mass is 9.99. The molecule has 0 bridgehead atoms. The van der Waals surface area contributed by atoms with Crippen molar-refractivity contribution in [3.63, 3.8) is 0 Å². The minimum absolute atomic E-state index is 0.125. The van der Waals surface area contributed by atoms with E-state index in [0.717, 1.165) is 30.8 Å². The molecule has 0 unspecified atom stereocenters. The second-order valence-electron chi connectivity index (χ2n) is 3.44. The second-order valence-corrected chi connectivity index (χ2v) is 3.44. The van der Waals surface area contributed by atoms with E-state index < -0.39 is 0 Å². The number of hydrogen-bond donors (Lipinski definition) is 2. The Morgan fingerprint density at radius 3 is 3.20 bits per heavy atom. The van der Waals surface area contributed by atoms with Gasteiger partial charge < -0.3 is 15.8 Å². The molecule has 15 heavy (non-hydrogen) atoms. The van der Waals surface area contributed by atoms with E-state index >= 15 is 0 Å². The number of amides is 1. The normalized spacial score (nSPS) is 13.9. The summed E-state index contributed by atoms with van der Waals surface area (Å²) in [6, 6.07) is 5.53. The molecule has 1 amide bonds. The number of nitrogens with two attached hydrogens (primary N) is 1. The van der Waals surface area contributed by atoms with Crippen LogP contribution in [0.1, 0.15) is 22.3 Å². The Hall–Kier alpha value is -1.55. The minimum Gasteiger partial charge on any atom is -0.493 e. The van der Waals surface area contributed by atoms with E-state index in [1.165, 1.54) is 0 Å². The van der Waals surface area contributed by atoms with E-state index in [1.54, 1.807) is 6.07 Å². The van der Waals surface area contributed by atoms with Gasteiger partial charge in [-0.05, 0) is 25.0 Å². The van der Waals surface area contributed by atoms with Crippen LogP contribution in [0.5, 0.6) is 5.75 Å². The summed E-state index contributed by atoms with van der Waals surface area (Å²) >= 11 is 0. The molecule has 0 atom stereocenters. The maximum Gasteiger partial charge on any atom is 0.252 e. The lowest BCUT2D eigenvalue weighted by molar-refractivity contribution is 0.0952. The molecular weight excluding hydrogens is 192 g/mol. The van der Waals surface area contributed by atoms with Crippen LogP contribution in [0.4, 0.5) is 0 Å². The van der Waals surface area contributed by atoms with Crippen LogP contribution in [0.3, 0.4) is 0 Å². The Bertz CT molecular complexity index is 377. The highest BCUT2D eigenvalue weighted by atomic mass is 16.5. The fraction of sp³-hybridized carbons (Fsp3) is 0.364. The Balaban J connectivity index is 2.34. The van der Waals surface area contributed by atoms with Crippen molar-refractivity contribution >= 4 is 5.91 Å². The van der Waals surface area contributed by atoms with Crippen molar-refractivity contribution in [1.29, 1.82) is 0 Å². The third-order valence-electron chi connectivity index (χ3n) is 2.47. The number of hydrogen-bond acceptors (Lipinski definition) is 3. The Kier molecular flexibility index (Phi) is 2.87. The van der Waals surface area contributed by atoms with Crippen molar-refractivity contribution in [2.75, 3.05) is 13.3 Å². The molecule has 4 heteroatoms. The quantitative estimate of drug-likeness (QED) is 0.698. The van der Waals surface area contributed by atoms with E-state index in [2.05, 4.69) is 5.32 Å². The predicted molar refractivity (Wildman–Crippen MR) is 56.8 cm³/mol. The van der Waals surface area contributed by atoms with Crippen LogP contribution >= 0.6 is 0 Å². The molecule has 1 aliphatic rings. The highest BCUT2D eigenvalue weighted by Gasteiger charge is 2.17. The van der Waals surface area contributed by atoms with Crippen LogP contribution in [0.15, 0.2) is 18.2 Å². The van der Waals surface area contributed by atoms with Crippen molar-refractivity contribution in [1.82, 2.24) is 5.32 Å². The van der Waals surface area contributed by atoms with Gasteiger partial charge in [0.25, 0.3) is 5.91 Å². The molecule has 2 rings (SSSR count). The molecule has 1 aromatic carbocycles. The number of carbonyl (C=O) groups excluding carboxylic acids is 1. The zero-order valence-corrected chi connectivity index (χ0v) is 8.45. The minimum atomic E-state index is -0.125. The predicted octanol–water partition coefficient (Wildman–Crippen LogP) is 0.658. The monoisotopic (exact) mass is 206 g/mol. The fourth-order valence-corrected chi connectivity index (χ4v) is 1.79. The SMILES string of the molecule is NCNC(=O)c1cccc2c1CCCO2. The fourth-order valence-electron chi connectivity index (χ4n) is 1.79. The van der Waals surface area contributed by atoms with Gasteiger partial charge in [-0.3, -0.25) is 4.79 Å². The summed E-state index contributed by atoms with van der Waals surface area (Å²) in [4.78, 5) is 11.7. The van der Waals surface area contributed by atoms with Gasteiger partial charge in [0.1, 0.15) is 5.75 Å². The van der Waals surface area contributed by atoms with Crippen LogP contribution in [0, 0.1) is 0 Å². The summed E-state index contributed by atoms with van der Waals surface area (Å²) in [7, 11) is 0. The molecule has 0 radical (unpaired) electrons. The summed E-state index contributed by atoms with van der Waals surface area (Å²) in [5.41, 5.74) is 6.95. The number of rotatable bonds is 2. The smallest absolute Gasteiger partial charge is 0.252 e. The molecule has 4 nitrogen and oxygen atoms in total. The first kappa shape index (κ1) is 9.98. The van der Waals surface area contributed by atoms with Gasteiger partial charge in [-0.1, -0.05) is 6.07 Å².